The molecule has 2 aromatic heterocycles. The molecule has 0 unspecified atom stereocenters. The van der Waals surface area contributed by atoms with Crippen LogP contribution in [0.3, 0.4) is 0 Å². The van der Waals surface area contributed by atoms with Gasteiger partial charge in [-0.15, -0.1) is 0 Å². The van der Waals surface area contributed by atoms with E-state index in [0.717, 1.165) is 29.0 Å². The average Bonchev–Trinajstić information content (AvgIpc) is 3.07. The Kier molecular flexibility index (Phi) is 3.94. The van der Waals surface area contributed by atoms with Crippen LogP contribution in [0.25, 0.3) is 22.0 Å². The average molecular weight is 328 g/mol. The highest BCUT2D eigenvalue weighted by Gasteiger charge is 2.05. The Morgan fingerprint density at radius 2 is 1.88 bits per heavy atom. The van der Waals surface area contributed by atoms with Crippen LogP contribution < -0.4 is 5.32 Å². The van der Waals surface area contributed by atoms with Gasteiger partial charge in [0, 0.05) is 30.7 Å². The summed E-state index contributed by atoms with van der Waals surface area (Å²) in [5.74, 6) is 0.936. The molecule has 2 heterocycles. The lowest BCUT2D eigenvalue weighted by Crippen LogP contribution is -2.03. The van der Waals surface area contributed by atoms with Crippen molar-refractivity contribution < 1.29 is 0 Å². The Bertz CT molecular complexity index is 1030. The van der Waals surface area contributed by atoms with Crippen molar-refractivity contribution >= 4 is 16.7 Å². The largest absolute Gasteiger partial charge is 0.366 e. The molecule has 0 aliphatic carbocycles. The Balaban J connectivity index is 1.56. The van der Waals surface area contributed by atoms with E-state index >= 15 is 0 Å². The third-order valence-corrected chi connectivity index (χ3v) is 4.34. The smallest absolute Gasteiger partial charge is 0.129 e. The lowest BCUT2D eigenvalue weighted by molar-refractivity contribution is 0.768. The lowest BCUT2D eigenvalue weighted by Gasteiger charge is -2.11. The highest BCUT2D eigenvalue weighted by molar-refractivity contribution is 5.81. The van der Waals surface area contributed by atoms with Crippen molar-refractivity contribution in [3.05, 3.63) is 78.1 Å². The number of pyridine rings is 1. The van der Waals surface area contributed by atoms with Gasteiger partial charge in [-0.25, -0.2) is 4.98 Å². The SMILES string of the molecule is Cc1cc2ccccc2nc1NCc1cccc(-c2cnn(C)c2)c1. The van der Waals surface area contributed by atoms with Crippen LogP contribution in [0.5, 0.6) is 0 Å². The summed E-state index contributed by atoms with van der Waals surface area (Å²) in [6.07, 6.45) is 3.92. The van der Waals surface area contributed by atoms with E-state index in [1.54, 1.807) is 0 Å². The van der Waals surface area contributed by atoms with Crippen molar-refractivity contribution in [3.63, 3.8) is 0 Å². The van der Waals surface area contributed by atoms with Crippen molar-refractivity contribution in [3.8, 4) is 11.1 Å². The Morgan fingerprint density at radius 3 is 2.72 bits per heavy atom. The van der Waals surface area contributed by atoms with Crippen LogP contribution in [-0.2, 0) is 13.6 Å². The zero-order chi connectivity index (χ0) is 17.2. The molecule has 0 aliphatic heterocycles. The van der Waals surface area contributed by atoms with Gasteiger partial charge in [-0.2, -0.15) is 5.10 Å². The summed E-state index contributed by atoms with van der Waals surface area (Å²) in [5, 5.41) is 8.89. The molecule has 4 heteroatoms. The number of aromatic nitrogens is 3. The molecule has 0 saturated heterocycles. The maximum Gasteiger partial charge on any atom is 0.129 e. The Morgan fingerprint density at radius 1 is 1.00 bits per heavy atom. The number of nitrogens with zero attached hydrogens (tertiary/aromatic N) is 3. The van der Waals surface area contributed by atoms with Gasteiger partial charge in [0.25, 0.3) is 0 Å². The van der Waals surface area contributed by atoms with Crippen molar-refractivity contribution in [1.82, 2.24) is 14.8 Å². The molecule has 124 valence electrons. The number of benzene rings is 2. The van der Waals surface area contributed by atoms with Crippen molar-refractivity contribution in [2.24, 2.45) is 7.05 Å². The highest BCUT2D eigenvalue weighted by atomic mass is 15.2. The fraction of sp³-hybridized carbons (Fsp3) is 0.143. The number of fused-ring (bicyclic) bond motifs is 1. The molecule has 0 aliphatic rings. The fourth-order valence-corrected chi connectivity index (χ4v) is 3.02. The van der Waals surface area contributed by atoms with E-state index in [4.69, 9.17) is 4.98 Å². The number of aryl methyl sites for hydroxylation is 2. The highest BCUT2D eigenvalue weighted by Crippen LogP contribution is 2.22. The second kappa shape index (κ2) is 6.40. The molecule has 0 bridgehead atoms. The molecule has 0 radical (unpaired) electrons. The minimum absolute atomic E-state index is 0.736. The predicted molar refractivity (Wildman–Crippen MR) is 102 cm³/mol. The molecule has 0 spiro atoms. The minimum Gasteiger partial charge on any atom is -0.366 e. The van der Waals surface area contributed by atoms with Crippen LogP contribution in [-0.4, -0.2) is 14.8 Å². The van der Waals surface area contributed by atoms with Crippen molar-refractivity contribution in [2.45, 2.75) is 13.5 Å². The lowest BCUT2D eigenvalue weighted by atomic mass is 10.1. The first kappa shape index (κ1) is 15.4. The number of para-hydroxylation sites is 1. The molecular formula is C21H20N4. The topological polar surface area (TPSA) is 42.7 Å². The van der Waals surface area contributed by atoms with E-state index in [-0.39, 0.29) is 0 Å². The second-order valence-electron chi connectivity index (χ2n) is 6.30. The first-order valence-corrected chi connectivity index (χ1v) is 8.37. The molecule has 4 rings (SSSR count). The van der Waals surface area contributed by atoms with E-state index in [0.29, 0.717) is 0 Å². The van der Waals surface area contributed by atoms with E-state index in [1.165, 1.54) is 16.5 Å². The van der Waals surface area contributed by atoms with Crippen LogP contribution in [0.1, 0.15) is 11.1 Å². The summed E-state index contributed by atoms with van der Waals surface area (Å²) in [6, 6.07) is 18.9. The van der Waals surface area contributed by atoms with Gasteiger partial charge in [-0.1, -0.05) is 36.4 Å². The summed E-state index contributed by atoms with van der Waals surface area (Å²) >= 11 is 0. The standard InChI is InChI=1S/C21H20N4/c1-15-10-18-7-3-4-9-20(18)24-21(15)22-12-16-6-5-8-17(11-16)19-13-23-25(2)14-19/h3-11,13-14H,12H2,1-2H3,(H,22,24). The quantitative estimate of drug-likeness (QED) is 0.597. The van der Waals surface area contributed by atoms with Crippen LogP contribution in [0, 0.1) is 6.92 Å². The first-order chi connectivity index (χ1) is 12.2. The van der Waals surface area contributed by atoms with E-state index in [9.17, 15) is 0 Å². The normalized spacial score (nSPS) is 11.0. The third kappa shape index (κ3) is 3.24. The molecule has 0 atom stereocenters. The number of hydrogen-bond donors (Lipinski definition) is 1. The van der Waals surface area contributed by atoms with Gasteiger partial charge in [-0.3, -0.25) is 4.68 Å². The van der Waals surface area contributed by atoms with Crippen LogP contribution in [0.4, 0.5) is 5.82 Å². The summed E-state index contributed by atoms with van der Waals surface area (Å²) in [7, 11) is 1.93. The van der Waals surface area contributed by atoms with E-state index < -0.39 is 0 Å². The van der Waals surface area contributed by atoms with Gasteiger partial charge in [0.2, 0.25) is 0 Å². The second-order valence-corrected chi connectivity index (χ2v) is 6.30. The van der Waals surface area contributed by atoms with Gasteiger partial charge in [0.1, 0.15) is 5.82 Å². The van der Waals surface area contributed by atoms with Gasteiger partial charge in [0.05, 0.1) is 11.7 Å². The zero-order valence-corrected chi connectivity index (χ0v) is 14.4. The molecule has 1 N–H and O–H groups in total. The summed E-state index contributed by atoms with van der Waals surface area (Å²) < 4.78 is 1.82. The number of hydrogen-bond acceptors (Lipinski definition) is 3. The van der Waals surface area contributed by atoms with Crippen LogP contribution in [0.15, 0.2) is 67.0 Å². The molecule has 0 saturated carbocycles. The number of nitrogens with one attached hydrogen (secondary N) is 1. The molecular weight excluding hydrogens is 308 g/mol. The van der Waals surface area contributed by atoms with Gasteiger partial charge >= 0.3 is 0 Å². The fourth-order valence-electron chi connectivity index (χ4n) is 3.02. The monoisotopic (exact) mass is 328 g/mol. The van der Waals surface area contributed by atoms with Crippen LogP contribution in [0.2, 0.25) is 0 Å². The number of rotatable bonds is 4. The maximum atomic E-state index is 4.75. The molecule has 25 heavy (non-hydrogen) atoms. The molecule has 0 fully saturated rings. The molecule has 2 aromatic carbocycles. The predicted octanol–water partition coefficient (Wildman–Crippen LogP) is 4.56. The zero-order valence-electron chi connectivity index (χ0n) is 14.4. The van der Waals surface area contributed by atoms with Gasteiger partial charge in [0.15, 0.2) is 0 Å². The summed E-state index contributed by atoms with van der Waals surface area (Å²) in [6.45, 7) is 2.83. The molecule has 0 amide bonds. The third-order valence-electron chi connectivity index (χ3n) is 4.34. The Labute approximate surface area is 147 Å². The molecule has 4 aromatic rings. The first-order valence-electron chi connectivity index (χ1n) is 8.37. The van der Waals surface area contributed by atoms with Gasteiger partial charge < -0.3 is 5.32 Å². The summed E-state index contributed by atoms with van der Waals surface area (Å²) in [5.41, 5.74) is 5.69. The van der Waals surface area contributed by atoms with Crippen molar-refractivity contribution in [1.29, 1.82) is 0 Å². The van der Waals surface area contributed by atoms with Gasteiger partial charge in [-0.05, 0) is 41.8 Å². The van der Waals surface area contributed by atoms with E-state index in [2.05, 4.69) is 53.7 Å². The number of anilines is 1. The van der Waals surface area contributed by atoms with Crippen LogP contribution >= 0.6 is 0 Å². The minimum atomic E-state index is 0.736. The summed E-state index contributed by atoms with van der Waals surface area (Å²) in [4.78, 5) is 4.75. The van der Waals surface area contributed by atoms with Crippen molar-refractivity contribution in [2.75, 3.05) is 5.32 Å². The Hall–Kier alpha value is -3.14. The maximum absolute atomic E-state index is 4.75. The molecule has 4 nitrogen and oxygen atoms in total. The van der Waals surface area contributed by atoms with E-state index in [1.807, 2.05) is 42.3 Å².